The highest BCUT2D eigenvalue weighted by molar-refractivity contribution is 5.48. The predicted molar refractivity (Wildman–Crippen MR) is 89.3 cm³/mol. The molecule has 0 aliphatic heterocycles. The van der Waals surface area contributed by atoms with Gasteiger partial charge in [-0.1, -0.05) is 26.8 Å². The summed E-state index contributed by atoms with van der Waals surface area (Å²) in [4.78, 5) is 0. The summed E-state index contributed by atoms with van der Waals surface area (Å²) >= 11 is 0. The molecule has 1 heteroatoms. The van der Waals surface area contributed by atoms with E-state index < -0.39 is 0 Å². The highest BCUT2D eigenvalue weighted by Gasteiger charge is 2.29. The Kier molecular flexibility index (Phi) is 4.78. The fourth-order valence-electron chi connectivity index (χ4n) is 3.35. The van der Waals surface area contributed by atoms with Gasteiger partial charge < -0.3 is 5.32 Å². The Morgan fingerprint density at radius 1 is 1.00 bits per heavy atom. The lowest BCUT2D eigenvalue weighted by atomic mass is 9.70. The van der Waals surface area contributed by atoms with Crippen molar-refractivity contribution in [2.45, 2.75) is 60.3 Å². The van der Waals surface area contributed by atoms with E-state index in [9.17, 15) is 0 Å². The molecule has 1 N–H and O–H groups in total. The van der Waals surface area contributed by atoms with Crippen molar-refractivity contribution in [3.05, 3.63) is 29.3 Å². The van der Waals surface area contributed by atoms with Crippen molar-refractivity contribution in [1.29, 1.82) is 0 Å². The van der Waals surface area contributed by atoms with Gasteiger partial charge in [0.05, 0.1) is 0 Å². The van der Waals surface area contributed by atoms with Crippen LogP contribution in [0.4, 0.5) is 5.69 Å². The molecule has 1 aliphatic rings. The van der Waals surface area contributed by atoms with Gasteiger partial charge in [-0.25, -0.2) is 0 Å². The van der Waals surface area contributed by atoms with Crippen molar-refractivity contribution >= 4 is 5.69 Å². The van der Waals surface area contributed by atoms with E-state index in [4.69, 9.17) is 0 Å². The summed E-state index contributed by atoms with van der Waals surface area (Å²) in [5, 5.41) is 3.64. The van der Waals surface area contributed by atoms with Crippen LogP contribution >= 0.6 is 0 Å². The first kappa shape index (κ1) is 15.4. The first-order valence-electron chi connectivity index (χ1n) is 8.17. The normalized spacial score (nSPS) is 23.6. The third-order valence-corrected chi connectivity index (χ3v) is 5.17. The second kappa shape index (κ2) is 6.20. The first-order chi connectivity index (χ1) is 9.36. The van der Waals surface area contributed by atoms with Crippen molar-refractivity contribution in [3.63, 3.8) is 0 Å². The lowest BCUT2D eigenvalue weighted by Crippen LogP contribution is -2.28. The molecule has 112 valence electrons. The maximum Gasteiger partial charge on any atom is 0.0343 e. The second-order valence-electron chi connectivity index (χ2n) is 7.76. The van der Waals surface area contributed by atoms with Crippen LogP contribution in [-0.2, 0) is 0 Å². The Bertz CT molecular complexity index is 434. The van der Waals surface area contributed by atoms with E-state index in [1.807, 2.05) is 0 Å². The van der Waals surface area contributed by atoms with E-state index in [2.05, 4.69) is 58.1 Å². The molecule has 1 fully saturated rings. The highest BCUT2D eigenvalue weighted by atomic mass is 14.9. The Morgan fingerprint density at radius 3 is 2.20 bits per heavy atom. The molecule has 0 heterocycles. The van der Waals surface area contributed by atoms with Crippen LogP contribution in [0.25, 0.3) is 0 Å². The molecule has 0 amide bonds. The topological polar surface area (TPSA) is 12.0 Å². The van der Waals surface area contributed by atoms with Gasteiger partial charge in [0.25, 0.3) is 0 Å². The van der Waals surface area contributed by atoms with E-state index in [-0.39, 0.29) is 0 Å². The smallest absolute Gasteiger partial charge is 0.0343 e. The highest BCUT2D eigenvalue weighted by Crippen LogP contribution is 2.39. The lowest BCUT2D eigenvalue weighted by molar-refractivity contribution is 0.153. The summed E-state index contributed by atoms with van der Waals surface area (Å²) in [6.45, 7) is 12.7. The largest absolute Gasteiger partial charge is 0.385 e. The van der Waals surface area contributed by atoms with Crippen LogP contribution in [0.2, 0.25) is 0 Å². The fraction of sp³-hybridized carbons (Fsp3) is 0.684. The zero-order chi connectivity index (χ0) is 14.8. The monoisotopic (exact) mass is 273 g/mol. The van der Waals surface area contributed by atoms with Gasteiger partial charge in [0.1, 0.15) is 0 Å². The van der Waals surface area contributed by atoms with E-state index >= 15 is 0 Å². The number of anilines is 1. The van der Waals surface area contributed by atoms with Crippen LogP contribution in [0.5, 0.6) is 0 Å². The molecule has 1 nitrogen and oxygen atoms in total. The van der Waals surface area contributed by atoms with Crippen molar-refractivity contribution in [2.75, 3.05) is 11.9 Å². The fourth-order valence-corrected chi connectivity index (χ4v) is 3.35. The zero-order valence-electron chi connectivity index (χ0n) is 13.9. The van der Waals surface area contributed by atoms with Crippen molar-refractivity contribution in [3.8, 4) is 0 Å². The molecule has 0 unspecified atom stereocenters. The standard InChI is InChI=1S/C19H31N/c1-14-6-11-18(12-15(14)2)20-13-16-7-9-17(10-8-16)19(3,4)5/h6,11-12,16-17,20H,7-10,13H2,1-5H3. The van der Waals surface area contributed by atoms with E-state index in [1.165, 1.54) is 42.5 Å². The Balaban J connectivity index is 1.80. The summed E-state index contributed by atoms with van der Waals surface area (Å²) in [6.07, 6.45) is 5.59. The van der Waals surface area contributed by atoms with Gasteiger partial charge in [-0.15, -0.1) is 0 Å². The van der Waals surface area contributed by atoms with Gasteiger partial charge in [0.15, 0.2) is 0 Å². The minimum absolute atomic E-state index is 0.493. The van der Waals surface area contributed by atoms with Crippen molar-refractivity contribution < 1.29 is 0 Å². The number of hydrogen-bond donors (Lipinski definition) is 1. The predicted octanol–water partition coefficient (Wildman–Crippen LogP) is 5.57. The van der Waals surface area contributed by atoms with Crippen LogP contribution in [0.15, 0.2) is 18.2 Å². The third-order valence-electron chi connectivity index (χ3n) is 5.17. The van der Waals surface area contributed by atoms with E-state index in [1.54, 1.807) is 0 Å². The van der Waals surface area contributed by atoms with E-state index in [0.29, 0.717) is 5.41 Å². The molecular formula is C19H31N. The van der Waals surface area contributed by atoms with Gasteiger partial charge in [-0.3, -0.25) is 0 Å². The number of nitrogens with one attached hydrogen (secondary N) is 1. The third kappa shape index (κ3) is 4.01. The molecule has 2 rings (SSSR count). The number of rotatable bonds is 3. The lowest BCUT2D eigenvalue weighted by Gasteiger charge is -2.37. The van der Waals surface area contributed by atoms with Crippen molar-refractivity contribution in [1.82, 2.24) is 0 Å². The quantitative estimate of drug-likeness (QED) is 0.759. The Hall–Kier alpha value is -0.980. The second-order valence-corrected chi connectivity index (χ2v) is 7.76. The van der Waals surface area contributed by atoms with Crippen LogP contribution in [-0.4, -0.2) is 6.54 Å². The van der Waals surface area contributed by atoms with Gasteiger partial charge >= 0.3 is 0 Å². The molecule has 1 saturated carbocycles. The Morgan fingerprint density at radius 2 is 1.65 bits per heavy atom. The molecule has 20 heavy (non-hydrogen) atoms. The van der Waals surface area contributed by atoms with Gasteiger partial charge in [-0.05, 0) is 80.0 Å². The molecule has 0 spiro atoms. The molecule has 0 radical (unpaired) electrons. The SMILES string of the molecule is Cc1ccc(NCC2CCC(C(C)(C)C)CC2)cc1C. The Labute approximate surface area is 125 Å². The zero-order valence-corrected chi connectivity index (χ0v) is 13.9. The molecule has 1 aromatic carbocycles. The minimum atomic E-state index is 0.493. The minimum Gasteiger partial charge on any atom is -0.385 e. The van der Waals surface area contributed by atoms with Crippen LogP contribution in [0.3, 0.4) is 0 Å². The van der Waals surface area contributed by atoms with Gasteiger partial charge in [0.2, 0.25) is 0 Å². The van der Waals surface area contributed by atoms with Crippen LogP contribution < -0.4 is 5.32 Å². The molecule has 0 aromatic heterocycles. The maximum absolute atomic E-state index is 3.64. The summed E-state index contributed by atoms with van der Waals surface area (Å²) < 4.78 is 0. The van der Waals surface area contributed by atoms with Gasteiger partial charge in [-0.2, -0.15) is 0 Å². The summed E-state index contributed by atoms with van der Waals surface area (Å²) in [5.74, 6) is 1.77. The average molecular weight is 273 g/mol. The van der Waals surface area contributed by atoms with Gasteiger partial charge in [0, 0.05) is 12.2 Å². The van der Waals surface area contributed by atoms with E-state index in [0.717, 1.165) is 18.4 Å². The average Bonchev–Trinajstić information content (AvgIpc) is 2.40. The number of aryl methyl sites for hydroxylation is 2. The maximum atomic E-state index is 3.64. The van der Waals surface area contributed by atoms with Crippen LogP contribution in [0, 0.1) is 31.1 Å². The first-order valence-corrected chi connectivity index (χ1v) is 8.17. The molecule has 1 aromatic rings. The summed E-state index contributed by atoms with van der Waals surface area (Å²) in [5.41, 5.74) is 4.53. The number of benzene rings is 1. The molecule has 0 atom stereocenters. The van der Waals surface area contributed by atoms with Crippen molar-refractivity contribution in [2.24, 2.45) is 17.3 Å². The van der Waals surface area contributed by atoms with Crippen LogP contribution in [0.1, 0.15) is 57.6 Å². The summed E-state index contributed by atoms with van der Waals surface area (Å²) in [7, 11) is 0. The number of hydrogen-bond acceptors (Lipinski definition) is 1. The molecule has 0 saturated heterocycles. The molecular weight excluding hydrogens is 242 g/mol. The molecule has 0 bridgehead atoms. The molecule has 1 aliphatic carbocycles. The summed E-state index contributed by atoms with van der Waals surface area (Å²) in [6, 6.07) is 6.70.